The summed E-state index contributed by atoms with van der Waals surface area (Å²) in [5.41, 5.74) is 8.91. The Morgan fingerprint density at radius 3 is 2.58 bits per heavy atom. The molecule has 0 fully saturated rings. The maximum Gasteiger partial charge on any atom is 0.132 e. The number of hydrogen-bond donors (Lipinski definition) is 1. The lowest BCUT2D eigenvalue weighted by Crippen LogP contribution is -2.10. The van der Waals surface area contributed by atoms with Crippen LogP contribution in [0.25, 0.3) is 0 Å². The van der Waals surface area contributed by atoms with Crippen molar-refractivity contribution in [3.63, 3.8) is 0 Å². The van der Waals surface area contributed by atoms with E-state index in [1.54, 1.807) is 12.1 Å². The number of nitrogens with zero attached hydrogens (tertiary/aromatic N) is 2. The predicted octanol–water partition coefficient (Wildman–Crippen LogP) is 2.65. The van der Waals surface area contributed by atoms with Gasteiger partial charge in [0, 0.05) is 23.4 Å². The van der Waals surface area contributed by atoms with Crippen molar-refractivity contribution in [1.82, 2.24) is 9.78 Å². The number of halogens is 1. The zero-order valence-corrected chi connectivity index (χ0v) is 11.5. The molecule has 0 spiro atoms. The SMILES string of the molecule is CCc1cc(CC)n(Cc2cccc(CN)c2F)n1. The average molecular weight is 261 g/mol. The highest BCUT2D eigenvalue weighted by atomic mass is 19.1. The van der Waals surface area contributed by atoms with E-state index in [1.165, 1.54) is 0 Å². The van der Waals surface area contributed by atoms with E-state index in [0.29, 0.717) is 17.7 Å². The molecule has 2 aromatic rings. The normalized spacial score (nSPS) is 10.9. The van der Waals surface area contributed by atoms with Gasteiger partial charge in [-0.1, -0.05) is 32.0 Å². The lowest BCUT2D eigenvalue weighted by Gasteiger charge is -2.09. The predicted molar refractivity (Wildman–Crippen MR) is 74.4 cm³/mol. The molecule has 1 aromatic heterocycles. The van der Waals surface area contributed by atoms with Crippen molar-refractivity contribution < 1.29 is 4.39 Å². The first kappa shape index (κ1) is 13.7. The summed E-state index contributed by atoms with van der Waals surface area (Å²) in [5, 5.41) is 4.51. The van der Waals surface area contributed by atoms with E-state index < -0.39 is 0 Å². The molecule has 0 unspecified atom stereocenters. The maximum absolute atomic E-state index is 14.2. The third-order valence-electron chi connectivity index (χ3n) is 3.34. The number of aromatic nitrogens is 2. The molecule has 0 saturated carbocycles. The van der Waals surface area contributed by atoms with E-state index in [-0.39, 0.29) is 12.4 Å². The molecule has 0 amide bonds. The fraction of sp³-hybridized carbons (Fsp3) is 0.400. The third kappa shape index (κ3) is 2.84. The molecule has 0 aliphatic rings. The minimum Gasteiger partial charge on any atom is -0.326 e. The zero-order valence-electron chi connectivity index (χ0n) is 11.5. The van der Waals surface area contributed by atoms with E-state index in [0.717, 1.165) is 24.2 Å². The van der Waals surface area contributed by atoms with Crippen LogP contribution in [0.5, 0.6) is 0 Å². The number of hydrogen-bond acceptors (Lipinski definition) is 2. The highest BCUT2D eigenvalue weighted by molar-refractivity contribution is 5.26. The van der Waals surface area contributed by atoms with Crippen LogP contribution in [0.2, 0.25) is 0 Å². The first-order chi connectivity index (χ1) is 9.19. The van der Waals surface area contributed by atoms with Gasteiger partial charge in [-0.2, -0.15) is 5.10 Å². The topological polar surface area (TPSA) is 43.8 Å². The van der Waals surface area contributed by atoms with Crippen LogP contribution >= 0.6 is 0 Å². The molecular formula is C15H20FN3. The lowest BCUT2D eigenvalue weighted by molar-refractivity contribution is 0.563. The molecule has 2 N–H and O–H groups in total. The molecule has 0 atom stereocenters. The highest BCUT2D eigenvalue weighted by Gasteiger charge is 2.10. The molecule has 0 radical (unpaired) electrons. The maximum atomic E-state index is 14.2. The summed E-state index contributed by atoms with van der Waals surface area (Å²) in [5.74, 6) is -0.208. The van der Waals surface area contributed by atoms with E-state index in [4.69, 9.17) is 5.73 Å². The molecular weight excluding hydrogens is 241 g/mol. The average Bonchev–Trinajstić information content (AvgIpc) is 2.83. The lowest BCUT2D eigenvalue weighted by atomic mass is 10.1. The van der Waals surface area contributed by atoms with Crippen molar-refractivity contribution in [2.45, 2.75) is 39.8 Å². The number of nitrogens with two attached hydrogens (primary N) is 1. The van der Waals surface area contributed by atoms with Crippen molar-refractivity contribution in [2.24, 2.45) is 5.73 Å². The second-order valence-corrected chi connectivity index (χ2v) is 4.59. The van der Waals surface area contributed by atoms with Crippen molar-refractivity contribution in [1.29, 1.82) is 0 Å². The minimum atomic E-state index is -0.208. The van der Waals surface area contributed by atoms with Crippen molar-refractivity contribution in [3.8, 4) is 0 Å². The van der Waals surface area contributed by atoms with Gasteiger partial charge in [-0.05, 0) is 18.9 Å². The van der Waals surface area contributed by atoms with Crippen molar-refractivity contribution in [2.75, 3.05) is 0 Å². The summed E-state index contributed by atoms with van der Waals surface area (Å²) in [7, 11) is 0. The molecule has 2 rings (SSSR count). The van der Waals surface area contributed by atoms with Gasteiger partial charge in [0.25, 0.3) is 0 Å². The summed E-state index contributed by atoms with van der Waals surface area (Å²) < 4.78 is 16.0. The van der Waals surface area contributed by atoms with Crippen LogP contribution in [-0.2, 0) is 25.9 Å². The van der Waals surface area contributed by atoms with Crippen LogP contribution in [0.15, 0.2) is 24.3 Å². The van der Waals surface area contributed by atoms with Gasteiger partial charge in [-0.15, -0.1) is 0 Å². The summed E-state index contributed by atoms with van der Waals surface area (Å²) in [6.45, 7) is 4.84. The second kappa shape index (κ2) is 5.97. The Morgan fingerprint density at radius 1 is 1.21 bits per heavy atom. The number of benzene rings is 1. The van der Waals surface area contributed by atoms with Crippen molar-refractivity contribution in [3.05, 3.63) is 52.6 Å². The largest absolute Gasteiger partial charge is 0.326 e. The molecule has 4 heteroatoms. The Kier molecular flexibility index (Phi) is 4.32. The zero-order chi connectivity index (χ0) is 13.8. The van der Waals surface area contributed by atoms with Gasteiger partial charge in [0.2, 0.25) is 0 Å². The van der Waals surface area contributed by atoms with Gasteiger partial charge in [0.05, 0.1) is 12.2 Å². The molecule has 0 bridgehead atoms. The monoisotopic (exact) mass is 261 g/mol. The molecule has 0 aliphatic carbocycles. The summed E-state index contributed by atoms with van der Waals surface area (Å²) in [6.07, 6.45) is 1.79. The summed E-state index contributed by atoms with van der Waals surface area (Å²) in [6, 6.07) is 7.45. The van der Waals surface area contributed by atoms with Crippen LogP contribution in [-0.4, -0.2) is 9.78 Å². The van der Waals surface area contributed by atoms with Gasteiger partial charge in [0.15, 0.2) is 0 Å². The second-order valence-electron chi connectivity index (χ2n) is 4.59. The van der Waals surface area contributed by atoms with Crippen LogP contribution in [0.4, 0.5) is 4.39 Å². The number of rotatable bonds is 5. The van der Waals surface area contributed by atoms with Crippen LogP contribution in [0.1, 0.15) is 36.4 Å². The van der Waals surface area contributed by atoms with Crippen LogP contribution in [0, 0.1) is 5.82 Å². The van der Waals surface area contributed by atoms with E-state index in [9.17, 15) is 4.39 Å². The van der Waals surface area contributed by atoms with Gasteiger partial charge < -0.3 is 5.73 Å². The highest BCUT2D eigenvalue weighted by Crippen LogP contribution is 2.16. The smallest absolute Gasteiger partial charge is 0.132 e. The quantitative estimate of drug-likeness (QED) is 0.899. The molecule has 0 saturated heterocycles. The Hall–Kier alpha value is -1.68. The molecule has 102 valence electrons. The Balaban J connectivity index is 2.33. The minimum absolute atomic E-state index is 0.208. The Labute approximate surface area is 113 Å². The van der Waals surface area contributed by atoms with E-state index in [1.807, 2.05) is 10.7 Å². The van der Waals surface area contributed by atoms with Crippen LogP contribution < -0.4 is 5.73 Å². The van der Waals surface area contributed by atoms with E-state index >= 15 is 0 Å². The Bertz CT molecular complexity index is 561. The molecule has 3 nitrogen and oxygen atoms in total. The fourth-order valence-electron chi connectivity index (χ4n) is 2.18. The van der Waals surface area contributed by atoms with Crippen LogP contribution in [0.3, 0.4) is 0 Å². The third-order valence-corrected chi connectivity index (χ3v) is 3.34. The summed E-state index contributed by atoms with van der Waals surface area (Å²) >= 11 is 0. The standard InChI is InChI=1S/C15H20FN3/c1-3-13-8-14(4-2)19(18-13)10-12-7-5-6-11(9-17)15(12)16/h5-8H,3-4,9-10,17H2,1-2H3. The molecule has 1 heterocycles. The number of aryl methyl sites for hydroxylation is 2. The molecule has 19 heavy (non-hydrogen) atoms. The fourth-order valence-corrected chi connectivity index (χ4v) is 2.18. The first-order valence-corrected chi connectivity index (χ1v) is 6.71. The summed E-state index contributed by atoms with van der Waals surface area (Å²) in [4.78, 5) is 0. The molecule has 0 aliphatic heterocycles. The van der Waals surface area contributed by atoms with Crippen molar-refractivity contribution >= 4 is 0 Å². The van der Waals surface area contributed by atoms with Gasteiger partial charge in [-0.3, -0.25) is 4.68 Å². The van der Waals surface area contributed by atoms with Gasteiger partial charge in [0.1, 0.15) is 5.82 Å². The Morgan fingerprint density at radius 2 is 1.95 bits per heavy atom. The molecule has 1 aromatic carbocycles. The van der Waals surface area contributed by atoms with E-state index in [2.05, 4.69) is 25.0 Å². The first-order valence-electron chi connectivity index (χ1n) is 6.71. The van der Waals surface area contributed by atoms with Gasteiger partial charge in [-0.25, -0.2) is 4.39 Å². The van der Waals surface area contributed by atoms with Gasteiger partial charge >= 0.3 is 0 Å².